The largest absolute Gasteiger partial charge is 0.395 e. The summed E-state index contributed by atoms with van der Waals surface area (Å²) in [6.07, 6.45) is 0. The zero-order valence-corrected chi connectivity index (χ0v) is 20.2. The molecule has 0 rings (SSSR count). The van der Waals surface area contributed by atoms with Crippen LogP contribution in [0.25, 0.3) is 0 Å². The van der Waals surface area contributed by atoms with Crippen LogP contribution in [0.1, 0.15) is 0 Å². The van der Waals surface area contributed by atoms with Crippen LogP contribution < -0.4 is 0 Å². The van der Waals surface area contributed by atoms with Gasteiger partial charge in [-0.15, -0.1) is 0 Å². The molecule has 31 heavy (non-hydrogen) atoms. The monoisotopic (exact) mass is 495 g/mol. The second-order valence-electron chi connectivity index (χ2n) is 6.04. The number of hydrogen-bond acceptors (Lipinski definition) is 12. The van der Waals surface area contributed by atoms with E-state index in [1.54, 1.807) is 14.7 Å². The maximum absolute atomic E-state index is 8.48. The van der Waals surface area contributed by atoms with Gasteiger partial charge in [0.25, 0.3) is 0 Å². The Balaban J connectivity index is -0.000000174. The molecule has 0 saturated carbocycles. The third-order valence-corrected chi connectivity index (χ3v) is 3.75. The van der Waals surface area contributed by atoms with Crippen molar-refractivity contribution in [2.24, 2.45) is 0 Å². The van der Waals surface area contributed by atoms with Gasteiger partial charge in [-0.2, -0.15) is 0 Å². The van der Waals surface area contributed by atoms with Crippen LogP contribution in [0.15, 0.2) is 0 Å². The van der Waals surface area contributed by atoms with Gasteiger partial charge in [0, 0.05) is 80.6 Å². The van der Waals surface area contributed by atoms with Gasteiger partial charge >= 0.3 is 0 Å². The Bertz CT molecular complexity index is 216. The quantitative estimate of drug-likeness (QED) is 0.0823. The maximum atomic E-state index is 8.48. The fourth-order valence-corrected chi connectivity index (χ4v) is 2.28. The molecule has 9 N–H and O–H groups in total. The van der Waals surface area contributed by atoms with E-state index in [1.165, 1.54) is 0 Å². The summed E-state index contributed by atoms with van der Waals surface area (Å²) in [6.45, 7) is 5.26. The van der Waals surface area contributed by atoms with Gasteiger partial charge in [0.2, 0.25) is 0 Å². The summed E-state index contributed by atoms with van der Waals surface area (Å²) >= 11 is 0. The smallest absolute Gasteiger partial charge is 0.0558 e. The van der Waals surface area contributed by atoms with Crippen molar-refractivity contribution in [2.45, 2.75) is 0 Å². The van der Waals surface area contributed by atoms with E-state index in [-0.39, 0.29) is 81.2 Å². The van der Waals surface area contributed by atoms with E-state index in [2.05, 4.69) is 0 Å². The minimum absolute atomic E-state index is 0. The van der Waals surface area contributed by atoms with Gasteiger partial charge in [-0.1, -0.05) is 0 Å². The van der Waals surface area contributed by atoms with Crippen molar-refractivity contribution < 1.29 is 67.7 Å². The minimum Gasteiger partial charge on any atom is -0.395 e. The molecule has 12 nitrogen and oxygen atoms in total. The Morgan fingerprint density at radius 2 is 0.355 bits per heavy atom. The molecule has 0 aliphatic heterocycles. The van der Waals surface area contributed by atoms with Crippen molar-refractivity contribution in [1.29, 1.82) is 0 Å². The van der Waals surface area contributed by atoms with Crippen LogP contribution in [0.4, 0.5) is 0 Å². The van der Waals surface area contributed by atoms with E-state index in [1.807, 2.05) is 0 Å². The van der Waals surface area contributed by atoms with Crippen molar-refractivity contribution in [2.75, 3.05) is 118 Å². The fourth-order valence-electron chi connectivity index (χ4n) is 2.28. The van der Waals surface area contributed by atoms with E-state index < -0.39 is 0 Å². The van der Waals surface area contributed by atoms with Gasteiger partial charge in [0.05, 0.1) is 59.5 Å². The molecule has 0 atom stereocenters. The Labute approximate surface area is 200 Å². The molecule has 0 heterocycles. The van der Waals surface area contributed by atoms with Crippen LogP contribution in [0.3, 0.4) is 0 Å². The zero-order valence-electron chi connectivity index (χ0n) is 18.6. The van der Waals surface area contributed by atoms with E-state index in [0.29, 0.717) is 58.9 Å². The molecule has 0 aromatic heterocycles. The number of aliphatic hydroxyl groups excluding tert-OH is 9. The molecule has 0 aliphatic carbocycles. The summed E-state index contributed by atoms with van der Waals surface area (Å²) in [5.74, 6) is 0. The summed E-state index contributed by atoms with van der Waals surface area (Å²) in [4.78, 5) is 5.38. The average molecular weight is 495 g/mol. The number of aliphatic hydroxyl groups is 9. The van der Waals surface area contributed by atoms with Gasteiger partial charge in [-0.25, -0.2) is 0 Å². The summed E-state index contributed by atoms with van der Waals surface area (Å²) < 4.78 is 0. The van der Waals surface area contributed by atoms with Gasteiger partial charge in [-0.05, 0) is 0 Å². The van der Waals surface area contributed by atoms with E-state index in [4.69, 9.17) is 46.0 Å². The van der Waals surface area contributed by atoms with Crippen LogP contribution >= 0.6 is 0 Å². The molecule has 0 aromatic carbocycles. The van der Waals surface area contributed by atoms with Crippen molar-refractivity contribution in [1.82, 2.24) is 14.7 Å². The molecule has 0 bridgehead atoms. The molecule has 0 amide bonds. The molecule has 0 aromatic rings. The van der Waals surface area contributed by atoms with Crippen LogP contribution in [-0.4, -0.2) is 179 Å². The molecule has 0 radical (unpaired) electrons. The van der Waals surface area contributed by atoms with Gasteiger partial charge in [0.15, 0.2) is 0 Å². The number of nitrogens with zero attached hydrogens (tertiary/aromatic N) is 3. The van der Waals surface area contributed by atoms with Crippen LogP contribution in [0.5, 0.6) is 0 Å². The predicted molar refractivity (Wildman–Crippen MR) is 113 cm³/mol. The molecule has 13 heteroatoms. The van der Waals surface area contributed by atoms with Gasteiger partial charge in [-0.3, -0.25) is 14.7 Å². The van der Waals surface area contributed by atoms with Crippen molar-refractivity contribution in [3.63, 3.8) is 0 Å². The normalized spacial score (nSPS) is 10.5. The second kappa shape index (κ2) is 34.8. The topological polar surface area (TPSA) is 192 Å². The summed E-state index contributed by atoms with van der Waals surface area (Å²) in [5, 5.41) is 76.4. The summed E-state index contributed by atoms with van der Waals surface area (Å²) in [5.41, 5.74) is 0. The van der Waals surface area contributed by atoms with Crippen molar-refractivity contribution in [3.8, 4) is 0 Å². The first kappa shape index (κ1) is 38.5. The third-order valence-electron chi connectivity index (χ3n) is 3.75. The first-order chi connectivity index (χ1) is 14.5. The van der Waals surface area contributed by atoms with Crippen LogP contribution in [0, 0.1) is 0 Å². The molecule has 0 saturated heterocycles. The fraction of sp³-hybridized carbons (Fsp3) is 1.00. The van der Waals surface area contributed by atoms with Crippen molar-refractivity contribution >= 4 is 0 Å². The molecule has 0 unspecified atom stereocenters. The predicted octanol–water partition coefficient (Wildman–Crippen LogP) is -5.21. The molecular weight excluding hydrogens is 450 g/mol. The van der Waals surface area contributed by atoms with Gasteiger partial charge in [0.1, 0.15) is 0 Å². The Hall–Kier alpha value is 0.234. The third kappa shape index (κ3) is 32.5. The molecule has 0 aliphatic rings. The maximum Gasteiger partial charge on any atom is 0.0558 e. The SMILES string of the molecule is OCCN(CCO)CCO.OCCN(CCO)CCO.OCCN(CCO)CCO.[Ti]. The van der Waals surface area contributed by atoms with E-state index >= 15 is 0 Å². The second-order valence-corrected chi connectivity index (χ2v) is 6.04. The molecular formula is C18H45N3O9Ti. The minimum atomic E-state index is 0. The van der Waals surface area contributed by atoms with Gasteiger partial charge < -0.3 is 46.0 Å². The average Bonchev–Trinajstić information content (AvgIpc) is 2.71. The van der Waals surface area contributed by atoms with Crippen LogP contribution in [-0.2, 0) is 21.7 Å². The summed E-state index contributed by atoms with van der Waals surface area (Å²) in [6, 6.07) is 0. The molecule has 190 valence electrons. The molecule has 0 spiro atoms. The first-order valence-electron chi connectivity index (χ1n) is 10.2. The Kier molecular flexibility index (Phi) is 43.3. The Morgan fingerprint density at radius 1 is 0.258 bits per heavy atom. The standard InChI is InChI=1S/3C6H15NO3.Ti/c3*8-4-1-7(2-5-9)3-6-10;/h3*8-10H,1-6H2;. The van der Waals surface area contributed by atoms with Crippen LogP contribution in [0.2, 0.25) is 0 Å². The zero-order chi connectivity index (χ0) is 23.5. The molecule has 0 fully saturated rings. The summed E-state index contributed by atoms with van der Waals surface area (Å²) in [7, 11) is 0. The van der Waals surface area contributed by atoms with Crippen molar-refractivity contribution in [3.05, 3.63) is 0 Å². The first-order valence-corrected chi connectivity index (χ1v) is 10.2. The number of rotatable bonds is 18. The van der Waals surface area contributed by atoms with E-state index in [9.17, 15) is 0 Å². The van der Waals surface area contributed by atoms with E-state index in [0.717, 1.165) is 0 Å². The number of hydrogen-bond donors (Lipinski definition) is 9. The Morgan fingerprint density at radius 3 is 0.419 bits per heavy atom.